The third-order valence-corrected chi connectivity index (χ3v) is 3.10. The molecule has 1 aromatic heterocycles. The van der Waals surface area contributed by atoms with Crippen LogP contribution in [0.5, 0.6) is 0 Å². The predicted octanol–water partition coefficient (Wildman–Crippen LogP) is 1.91. The van der Waals surface area contributed by atoms with E-state index in [0.717, 1.165) is 11.4 Å². The fraction of sp³-hybridized carbons (Fsp3) is 0.500. The summed E-state index contributed by atoms with van der Waals surface area (Å²) in [7, 11) is 1.79. The average molecular weight is 253 g/mol. The molecule has 0 bridgehead atoms. The molecule has 17 heavy (non-hydrogen) atoms. The molecule has 0 aliphatic rings. The van der Waals surface area contributed by atoms with Gasteiger partial charge in [0.05, 0.1) is 0 Å². The highest BCUT2D eigenvalue weighted by Gasteiger charge is 2.10. The molecule has 94 valence electrons. The predicted molar refractivity (Wildman–Crippen MR) is 73.8 cm³/mol. The second kappa shape index (κ2) is 6.49. The van der Waals surface area contributed by atoms with Crippen molar-refractivity contribution in [2.24, 2.45) is 0 Å². The van der Waals surface area contributed by atoms with Gasteiger partial charge in [-0.2, -0.15) is 11.8 Å². The Morgan fingerprint density at radius 3 is 2.82 bits per heavy atom. The number of aromatic nitrogens is 1. The molecule has 5 heteroatoms. The van der Waals surface area contributed by atoms with Crippen LogP contribution < -0.4 is 10.6 Å². The molecule has 1 amide bonds. The normalized spacial score (nSPS) is 12.0. The second-order valence-corrected chi connectivity index (χ2v) is 4.87. The Kier molecular flexibility index (Phi) is 5.28. The molecule has 0 spiro atoms. The minimum atomic E-state index is -0.0476. The van der Waals surface area contributed by atoms with E-state index in [0.29, 0.717) is 11.4 Å². The number of anilines is 1. The van der Waals surface area contributed by atoms with Gasteiger partial charge in [0.25, 0.3) is 5.91 Å². The van der Waals surface area contributed by atoms with Crippen molar-refractivity contribution in [2.75, 3.05) is 24.4 Å². The van der Waals surface area contributed by atoms with E-state index in [4.69, 9.17) is 0 Å². The summed E-state index contributed by atoms with van der Waals surface area (Å²) in [4.78, 5) is 16.2. The van der Waals surface area contributed by atoms with Crippen LogP contribution in [0.3, 0.4) is 0 Å². The zero-order chi connectivity index (χ0) is 12.8. The number of carbonyl (C=O) groups excluding carboxylic acids is 1. The minimum Gasteiger partial charge on any atom is -0.373 e. The molecule has 0 aliphatic heterocycles. The molecule has 1 unspecified atom stereocenters. The number of nitrogens with zero attached hydrogens (tertiary/aromatic N) is 1. The Morgan fingerprint density at radius 2 is 2.24 bits per heavy atom. The Bertz CT molecular complexity index is 395. The molecule has 1 atom stereocenters. The molecule has 0 radical (unpaired) electrons. The molecule has 0 fully saturated rings. The molecule has 0 saturated carbocycles. The number of amides is 1. The van der Waals surface area contributed by atoms with Gasteiger partial charge in [0.2, 0.25) is 0 Å². The fourth-order valence-electron chi connectivity index (χ4n) is 1.53. The molecule has 1 rings (SSSR count). The summed E-state index contributed by atoms with van der Waals surface area (Å²) in [5.74, 6) is 1.58. The summed E-state index contributed by atoms with van der Waals surface area (Å²) in [6.07, 6.45) is 2.03. The zero-order valence-corrected chi connectivity index (χ0v) is 11.5. The highest BCUT2D eigenvalue weighted by atomic mass is 32.2. The van der Waals surface area contributed by atoms with Gasteiger partial charge in [-0.1, -0.05) is 0 Å². The lowest BCUT2D eigenvalue weighted by Gasteiger charge is -2.13. The summed E-state index contributed by atoms with van der Waals surface area (Å²) in [6.45, 7) is 3.88. The van der Waals surface area contributed by atoms with E-state index in [2.05, 4.69) is 15.6 Å². The Morgan fingerprint density at radius 1 is 1.53 bits per heavy atom. The fourth-order valence-corrected chi connectivity index (χ4v) is 2.11. The van der Waals surface area contributed by atoms with Crippen molar-refractivity contribution >= 4 is 23.5 Å². The largest absolute Gasteiger partial charge is 0.373 e. The number of nitrogens with one attached hydrogen (secondary N) is 2. The number of aryl methyl sites for hydroxylation is 1. The molecular formula is C12H19N3OS. The third kappa shape index (κ3) is 4.26. The molecule has 2 N–H and O–H groups in total. The maximum atomic E-state index is 12.0. The monoisotopic (exact) mass is 253 g/mol. The number of hydrogen-bond donors (Lipinski definition) is 2. The van der Waals surface area contributed by atoms with Gasteiger partial charge in [0, 0.05) is 30.1 Å². The van der Waals surface area contributed by atoms with Crippen LogP contribution in [0.15, 0.2) is 12.1 Å². The highest BCUT2D eigenvalue weighted by molar-refractivity contribution is 7.98. The second-order valence-electron chi connectivity index (χ2n) is 3.96. The minimum absolute atomic E-state index is 0.0476. The van der Waals surface area contributed by atoms with Crippen molar-refractivity contribution in [1.82, 2.24) is 10.3 Å². The van der Waals surface area contributed by atoms with Crippen LogP contribution in [-0.4, -0.2) is 36.0 Å². The van der Waals surface area contributed by atoms with E-state index >= 15 is 0 Å². The first-order valence-electron chi connectivity index (χ1n) is 5.53. The summed E-state index contributed by atoms with van der Waals surface area (Å²) in [6, 6.07) is 3.72. The van der Waals surface area contributed by atoms with E-state index in [9.17, 15) is 4.79 Å². The smallest absolute Gasteiger partial charge is 0.251 e. The molecule has 1 aromatic rings. The lowest BCUT2D eigenvalue weighted by Crippen LogP contribution is -2.34. The van der Waals surface area contributed by atoms with Crippen LogP contribution >= 0.6 is 11.8 Å². The molecule has 1 heterocycles. The maximum absolute atomic E-state index is 12.0. The lowest BCUT2D eigenvalue weighted by atomic mass is 10.2. The van der Waals surface area contributed by atoms with Crippen molar-refractivity contribution < 1.29 is 4.79 Å². The topological polar surface area (TPSA) is 54.0 Å². The lowest BCUT2D eigenvalue weighted by molar-refractivity contribution is 0.0943. The Labute approximate surface area is 107 Å². The van der Waals surface area contributed by atoms with Crippen LogP contribution in [0.1, 0.15) is 23.0 Å². The Hall–Kier alpha value is -1.23. The quantitative estimate of drug-likeness (QED) is 0.841. The van der Waals surface area contributed by atoms with Crippen LogP contribution in [0, 0.1) is 6.92 Å². The van der Waals surface area contributed by atoms with Gasteiger partial charge in [-0.3, -0.25) is 4.79 Å². The van der Waals surface area contributed by atoms with E-state index in [1.54, 1.807) is 30.9 Å². The van der Waals surface area contributed by atoms with Crippen LogP contribution in [0.2, 0.25) is 0 Å². The molecule has 4 nitrogen and oxygen atoms in total. The number of thioether (sulfide) groups is 1. The number of hydrogen-bond acceptors (Lipinski definition) is 4. The van der Waals surface area contributed by atoms with Crippen molar-refractivity contribution in [3.8, 4) is 0 Å². The van der Waals surface area contributed by atoms with Crippen LogP contribution in [0.25, 0.3) is 0 Å². The van der Waals surface area contributed by atoms with Crippen LogP contribution in [0.4, 0.5) is 5.82 Å². The Balaban J connectivity index is 2.78. The average Bonchev–Trinajstić information content (AvgIpc) is 2.28. The first-order valence-corrected chi connectivity index (χ1v) is 6.92. The SMILES string of the molecule is CNc1cc(C(=O)NC(C)CSC)cc(C)n1. The first kappa shape index (κ1) is 13.8. The van der Waals surface area contributed by atoms with Gasteiger partial charge < -0.3 is 10.6 Å². The van der Waals surface area contributed by atoms with Crippen LogP contribution in [-0.2, 0) is 0 Å². The van der Waals surface area contributed by atoms with E-state index < -0.39 is 0 Å². The van der Waals surface area contributed by atoms with Gasteiger partial charge in [-0.05, 0) is 32.2 Å². The first-order chi connectivity index (χ1) is 8.06. The van der Waals surface area contributed by atoms with Gasteiger partial charge in [-0.25, -0.2) is 4.98 Å². The van der Waals surface area contributed by atoms with Gasteiger partial charge in [-0.15, -0.1) is 0 Å². The highest BCUT2D eigenvalue weighted by Crippen LogP contribution is 2.10. The number of carbonyl (C=O) groups is 1. The number of pyridine rings is 1. The number of rotatable bonds is 5. The van der Waals surface area contributed by atoms with E-state index in [-0.39, 0.29) is 11.9 Å². The summed E-state index contributed by atoms with van der Waals surface area (Å²) >= 11 is 1.72. The van der Waals surface area contributed by atoms with Gasteiger partial charge in [0.15, 0.2) is 0 Å². The van der Waals surface area contributed by atoms with Crippen molar-refractivity contribution in [3.63, 3.8) is 0 Å². The van der Waals surface area contributed by atoms with E-state index in [1.807, 2.05) is 20.1 Å². The van der Waals surface area contributed by atoms with Crippen molar-refractivity contribution in [2.45, 2.75) is 19.9 Å². The van der Waals surface area contributed by atoms with Gasteiger partial charge >= 0.3 is 0 Å². The molecule has 0 saturated heterocycles. The summed E-state index contributed by atoms with van der Waals surface area (Å²) in [5.41, 5.74) is 1.48. The van der Waals surface area contributed by atoms with Crippen molar-refractivity contribution in [3.05, 3.63) is 23.4 Å². The summed E-state index contributed by atoms with van der Waals surface area (Å²) < 4.78 is 0. The van der Waals surface area contributed by atoms with Crippen molar-refractivity contribution in [1.29, 1.82) is 0 Å². The molecular weight excluding hydrogens is 234 g/mol. The zero-order valence-electron chi connectivity index (χ0n) is 10.7. The maximum Gasteiger partial charge on any atom is 0.251 e. The molecule has 0 aromatic carbocycles. The van der Waals surface area contributed by atoms with E-state index in [1.165, 1.54) is 0 Å². The molecule has 0 aliphatic carbocycles. The van der Waals surface area contributed by atoms with Gasteiger partial charge in [0.1, 0.15) is 5.82 Å². The summed E-state index contributed by atoms with van der Waals surface area (Å²) in [5, 5.41) is 5.91. The third-order valence-electron chi connectivity index (χ3n) is 2.27. The standard InChI is InChI=1S/C12H19N3OS/c1-8-5-10(6-11(13-3)14-8)12(16)15-9(2)7-17-4/h5-6,9H,7H2,1-4H3,(H,13,14)(H,15,16).